The zero-order valence-corrected chi connectivity index (χ0v) is 60.1. The van der Waals surface area contributed by atoms with E-state index in [1.54, 1.807) is 0 Å². The van der Waals surface area contributed by atoms with E-state index in [1.807, 2.05) is 0 Å². The van der Waals surface area contributed by atoms with Crippen molar-refractivity contribution in [2.75, 3.05) is 59.5 Å². The molecule has 0 aromatic rings. The molecule has 9 aliphatic rings. The molecule has 9 heterocycles. The van der Waals surface area contributed by atoms with Crippen molar-refractivity contribution in [2.24, 2.45) is 0 Å². The molecule has 648 valence electrons. The van der Waals surface area contributed by atoms with Gasteiger partial charge in [0.2, 0.25) is 23.6 Å². The maximum absolute atomic E-state index is 13.2. The lowest BCUT2D eigenvalue weighted by atomic mass is 9.93. The minimum absolute atomic E-state index is 0.805. The van der Waals surface area contributed by atoms with Crippen LogP contribution in [-0.2, 0) is 99.7 Å². The van der Waals surface area contributed by atoms with E-state index in [9.17, 15) is 147 Å². The van der Waals surface area contributed by atoms with Crippen LogP contribution in [0.25, 0.3) is 0 Å². The number of hydrogen-bond donors (Lipinski definition) is 29. The summed E-state index contributed by atoms with van der Waals surface area (Å²) in [7, 11) is 0. The van der Waals surface area contributed by atoms with Crippen LogP contribution in [0.5, 0.6) is 0 Å². The Kier molecular flexibility index (Phi) is 33.1. The van der Waals surface area contributed by atoms with Crippen LogP contribution in [0, 0.1) is 0 Å². The number of amides is 4. The molecular weight excluding hydrogens is 1540 g/mol. The first-order valence-electron chi connectivity index (χ1n) is 35.6. The van der Waals surface area contributed by atoms with Gasteiger partial charge in [0.15, 0.2) is 56.6 Å². The lowest BCUT2D eigenvalue weighted by Crippen LogP contribution is -2.71. The van der Waals surface area contributed by atoms with Crippen LogP contribution in [0.4, 0.5) is 0 Å². The second-order valence-electron chi connectivity index (χ2n) is 28.2. The van der Waals surface area contributed by atoms with Gasteiger partial charge in [0.1, 0.15) is 219 Å². The average Bonchev–Trinajstić information content (AvgIpc) is 0.760. The number of aliphatic hydroxyl groups is 25. The monoisotopic (exact) mass is 1640 g/mol. The van der Waals surface area contributed by atoms with Crippen molar-refractivity contribution in [3.05, 3.63) is 0 Å². The summed E-state index contributed by atoms with van der Waals surface area (Å²) in [4.78, 5) is 51.0. The van der Waals surface area contributed by atoms with Crippen LogP contribution in [0.2, 0.25) is 0 Å². The van der Waals surface area contributed by atoms with Crippen LogP contribution in [0.15, 0.2) is 0 Å². The van der Waals surface area contributed by atoms with E-state index in [4.69, 9.17) is 80.5 Å². The standard InChI is InChI=1S/C62H104N4O46/c1-14(74)63-27-39(86)48(23(10-72)98-54(27)95)107-57-30(66-17(4)77)40(87)49(24(11-73)104-57)108-61-47(94)52(111-62-53(43(90)35(82)22(9-71)103-62)112-56-29(65-16(3)76)38(85)32(79)19(6-68)100-56)50(109-55-28(64-15(2)75)37(84)31(78)18(5-67)99-55)26(106-61)13-97-59-46(93)51(110-60-45(92)42(89)34(81)21(8-70)102-60)36(83)25(105-59)12-96-58-44(91)41(88)33(80)20(7-69)101-58/h18-62,67-73,78-95H,5-13H2,1-4H3,(H,63,74)(H,64,75)(H,65,76)(H,66,77)/t18-,19-,20-,21-,22-,23-,24-,25-,26-,27-,28-,29-,30-,31-,32-,33-,34-,35-,36-,37-,38-,39-,40-,41+,42+,43+,44+,45+,46+,47+,48-,49-,50-,51+,52-,53+,54-,55+,56+,57+,58+,59+,60-,61+,62-/m1/s1. The number of rotatable bonds is 29. The number of carbonyl (C=O) groups is 4. The molecule has 29 N–H and O–H groups in total. The lowest BCUT2D eigenvalue weighted by Gasteiger charge is -2.52. The summed E-state index contributed by atoms with van der Waals surface area (Å²) < 4.78 is 102. The third-order valence-corrected chi connectivity index (χ3v) is 20.3. The van der Waals surface area contributed by atoms with Gasteiger partial charge in [-0.3, -0.25) is 19.2 Å². The summed E-state index contributed by atoms with van der Waals surface area (Å²) >= 11 is 0. The highest BCUT2D eigenvalue weighted by Crippen LogP contribution is 2.40. The third-order valence-electron chi connectivity index (χ3n) is 20.3. The van der Waals surface area contributed by atoms with E-state index in [2.05, 4.69) is 21.3 Å². The highest BCUT2D eigenvalue weighted by Gasteiger charge is 2.61. The van der Waals surface area contributed by atoms with E-state index >= 15 is 0 Å². The molecule has 112 heavy (non-hydrogen) atoms. The predicted octanol–water partition coefficient (Wildman–Crippen LogP) is -20.1. The predicted molar refractivity (Wildman–Crippen MR) is 343 cm³/mol. The molecular formula is C62H104N4O46. The fraction of sp³-hybridized carbons (Fsp3) is 0.935. The summed E-state index contributed by atoms with van der Waals surface area (Å²) in [6.45, 7) is -6.30. The van der Waals surface area contributed by atoms with Crippen molar-refractivity contribution in [2.45, 2.75) is 304 Å². The van der Waals surface area contributed by atoms with Gasteiger partial charge >= 0.3 is 0 Å². The fourth-order valence-corrected chi connectivity index (χ4v) is 14.4. The summed E-state index contributed by atoms with van der Waals surface area (Å²) in [5.74, 6) is -3.67. The zero-order chi connectivity index (χ0) is 82.5. The molecule has 4 amide bonds. The molecule has 9 aliphatic heterocycles. The molecule has 0 unspecified atom stereocenters. The molecule has 9 saturated heterocycles. The van der Waals surface area contributed by atoms with Crippen LogP contribution in [-0.4, -0.2) is 487 Å². The van der Waals surface area contributed by atoms with Crippen molar-refractivity contribution in [1.82, 2.24) is 21.3 Å². The van der Waals surface area contributed by atoms with Crippen molar-refractivity contribution in [1.29, 1.82) is 0 Å². The van der Waals surface area contributed by atoms with Crippen molar-refractivity contribution < 1.29 is 227 Å². The van der Waals surface area contributed by atoms with E-state index in [0.717, 1.165) is 27.7 Å². The molecule has 9 rings (SSSR count). The number of nitrogens with one attached hydrogen (secondary N) is 4. The van der Waals surface area contributed by atoms with E-state index < -0.39 is 359 Å². The molecule has 0 saturated carbocycles. The summed E-state index contributed by atoms with van der Waals surface area (Å²) in [6, 6.07) is -7.51. The Hall–Kier alpha value is -3.80. The Morgan fingerprint density at radius 3 is 0.982 bits per heavy atom. The summed E-state index contributed by atoms with van der Waals surface area (Å²) in [5.41, 5.74) is 0. The second kappa shape index (κ2) is 40.3. The molecule has 0 aliphatic carbocycles. The van der Waals surface area contributed by atoms with Gasteiger partial charge in [-0.05, 0) is 0 Å². The summed E-state index contributed by atoms with van der Waals surface area (Å²) in [5, 5.41) is 288. The van der Waals surface area contributed by atoms with E-state index in [0.29, 0.717) is 0 Å². The number of ether oxygens (including phenoxy) is 17. The van der Waals surface area contributed by atoms with Gasteiger partial charge in [-0.1, -0.05) is 0 Å². The molecule has 0 spiro atoms. The molecule has 0 bridgehead atoms. The Balaban J connectivity index is 1.17. The van der Waals surface area contributed by atoms with Crippen LogP contribution < -0.4 is 21.3 Å². The van der Waals surface area contributed by atoms with Gasteiger partial charge in [-0.2, -0.15) is 0 Å². The highest BCUT2D eigenvalue weighted by atomic mass is 16.8. The molecule has 50 nitrogen and oxygen atoms in total. The van der Waals surface area contributed by atoms with Gasteiger partial charge in [0.05, 0.1) is 59.5 Å². The van der Waals surface area contributed by atoms with Gasteiger partial charge in [-0.15, -0.1) is 0 Å². The second-order valence-corrected chi connectivity index (χ2v) is 28.2. The summed E-state index contributed by atoms with van der Waals surface area (Å²) in [6.07, 6.45) is -88.1. The third kappa shape index (κ3) is 20.4. The number of carbonyl (C=O) groups excluding carboxylic acids is 4. The Labute approximate surface area is 634 Å². The molecule has 0 aromatic heterocycles. The molecule has 45 atom stereocenters. The normalized spacial score (nSPS) is 48.9. The number of hydrogen-bond acceptors (Lipinski definition) is 46. The van der Waals surface area contributed by atoms with Gasteiger partial charge in [-0.25, -0.2) is 0 Å². The zero-order valence-electron chi connectivity index (χ0n) is 60.1. The maximum Gasteiger partial charge on any atom is 0.217 e. The Morgan fingerprint density at radius 2 is 0.518 bits per heavy atom. The topological polar surface area (TPSA) is 779 Å². The van der Waals surface area contributed by atoms with Gasteiger partial charge in [0.25, 0.3) is 0 Å². The minimum atomic E-state index is -2.70. The molecule has 9 fully saturated rings. The largest absolute Gasteiger partial charge is 0.394 e. The van der Waals surface area contributed by atoms with Crippen LogP contribution in [0.3, 0.4) is 0 Å². The smallest absolute Gasteiger partial charge is 0.217 e. The Bertz CT molecular complexity index is 2970. The average molecular weight is 1640 g/mol. The first-order chi connectivity index (χ1) is 53.0. The molecule has 0 aromatic carbocycles. The van der Waals surface area contributed by atoms with E-state index in [-0.39, 0.29) is 0 Å². The van der Waals surface area contributed by atoms with Crippen molar-refractivity contribution in [3.63, 3.8) is 0 Å². The molecule has 0 radical (unpaired) electrons. The van der Waals surface area contributed by atoms with Gasteiger partial charge < -0.3 is 229 Å². The van der Waals surface area contributed by atoms with E-state index in [1.165, 1.54) is 0 Å². The van der Waals surface area contributed by atoms with Crippen molar-refractivity contribution in [3.8, 4) is 0 Å². The lowest BCUT2D eigenvalue weighted by molar-refractivity contribution is -0.407. The minimum Gasteiger partial charge on any atom is -0.394 e. The first kappa shape index (κ1) is 92.1. The molecule has 50 heteroatoms. The van der Waals surface area contributed by atoms with Crippen LogP contribution in [0.1, 0.15) is 27.7 Å². The Morgan fingerprint density at radius 1 is 0.232 bits per heavy atom. The SMILES string of the molecule is CC(=O)N[C@@H]1[C@@H](O)[C@H](O[C@@H]2O[C@H](CO)[C@@H](O[C@@H]3O[C@H](CO[C@H]4O[C@H](CO[C@H]5O[C@H](CO)[C@@H](O)[C@H](O)[C@@H]5O)[C@@H](O)[C@H](O[C@H]5O[C@H](CO)[C@@H](O)[C@H](O)[C@@H]5O)[C@@H]4O)[C@@H](O[C@@H]4O[C@H](CO)[C@@H](O)[C@H](O)[C@H]4NC(C)=O)[C@H](O[C@H]4O[C@H](CO)[C@@H](O)[C@H](O)[C@@H]4O[C@@H]4O[C@H](CO)[C@@H](O)[C@H](O)[C@H]4NC(C)=O)[C@@H]3O)[C@H](O)[C@H]2NC(C)=O)[C@@H](CO)O[C@H]1O. The number of aliphatic hydroxyl groups excluding tert-OH is 25. The quantitative estimate of drug-likeness (QED) is 0.0331. The van der Waals surface area contributed by atoms with Crippen LogP contribution >= 0.6 is 0 Å². The van der Waals surface area contributed by atoms with Crippen molar-refractivity contribution >= 4 is 23.6 Å². The van der Waals surface area contributed by atoms with Gasteiger partial charge in [0, 0.05) is 27.7 Å². The highest BCUT2D eigenvalue weighted by molar-refractivity contribution is 5.74. The first-order valence-corrected chi connectivity index (χ1v) is 35.6. The fourth-order valence-electron chi connectivity index (χ4n) is 14.4. The maximum atomic E-state index is 13.2.